The van der Waals surface area contributed by atoms with Crippen LogP contribution in [0.25, 0.3) is 6.08 Å². The lowest BCUT2D eigenvalue weighted by molar-refractivity contribution is -0.137. The van der Waals surface area contributed by atoms with Gasteiger partial charge in [-0.2, -0.15) is 9.97 Å². The maximum Gasteiger partial charge on any atom is 0.330 e. The van der Waals surface area contributed by atoms with Gasteiger partial charge in [0.15, 0.2) is 0 Å². The van der Waals surface area contributed by atoms with E-state index in [1.807, 2.05) is 20.8 Å². The largest absolute Gasteiger partial charge is 0.463 e. The molecule has 0 aromatic carbocycles. The second-order valence-corrected chi connectivity index (χ2v) is 11.9. The number of hydrogen-bond acceptors (Lipinski definition) is 10. The van der Waals surface area contributed by atoms with Crippen LogP contribution in [0.1, 0.15) is 102 Å². The van der Waals surface area contributed by atoms with Crippen LogP contribution in [-0.2, 0) is 9.53 Å². The first-order valence-corrected chi connectivity index (χ1v) is 16.7. The third kappa shape index (κ3) is 10.9. The number of halogens is 1. The Bertz CT molecular complexity index is 1160. The Hall–Kier alpha value is -2.70. The van der Waals surface area contributed by atoms with E-state index in [4.69, 9.17) is 4.74 Å². The van der Waals surface area contributed by atoms with Crippen LogP contribution in [0.3, 0.4) is 0 Å². The molecule has 10 nitrogen and oxygen atoms in total. The summed E-state index contributed by atoms with van der Waals surface area (Å²) in [5.41, 5.74) is 2.72. The minimum Gasteiger partial charge on any atom is -0.463 e. The first-order chi connectivity index (χ1) is 20.3. The van der Waals surface area contributed by atoms with Crippen LogP contribution in [0.5, 0.6) is 0 Å². The molecular formula is C31H49IN8O2. The van der Waals surface area contributed by atoms with Crippen molar-refractivity contribution in [3.05, 3.63) is 26.6 Å². The molecule has 2 aliphatic carbocycles. The Morgan fingerprint density at radius 3 is 1.81 bits per heavy atom. The Kier molecular flexibility index (Phi) is 14.5. The number of hydrogen-bond donors (Lipinski definition) is 4. The number of carbonyl (C=O) groups is 1. The number of carbonyl (C=O) groups excluding carboxylic acids is 1. The van der Waals surface area contributed by atoms with E-state index < -0.39 is 0 Å². The summed E-state index contributed by atoms with van der Waals surface area (Å²) in [6.45, 7) is 11.8. The van der Waals surface area contributed by atoms with Crippen molar-refractivity contribution in [2.75, 3.05) is 41.0 Å². The van der Waals surface area contributed by atoms with Crippen LogP contribution in [0.2, 0.25) is 0 Å². The standard InChI is InChI=1S/C18H28N4O2.C13H21IN4/c1-4-19-18-20-13(3)15(11-12-16(23)24-5-2)17(22-18)21-14-9-7-6-8-10-14;1-3-15-13-16-9(2)11(14)12(18-13)17-10-7-5-4-6-8-10/h11-12,14H,4-10H2,1-3H3,(H2,19,20,21,22);10H,3-8H2,1-2H3,(H2,15,16,17,18)/b12-11+;. The molecule has 0 saturated heterocycles. The molecule has 2 aromatic rings. The Morgan fingerprint density at radius 2 is 1.29 bits per heavy atom. The summed E-state index contributed by atoms with van der Waals surface area (Å²) < 4.78 is 6.10. The van der Waals surface area contributed by atoms with Gasteiger partial charge < -0.3 is 26.0 Å². The van der Waals surface area contributed by atoms with Crippen LogP contribution >= 0.6 is 22.6 Å². The molecule has 232 valence electrons. The molecule has 0 spiro atoms. The summed E-state index contributed by atoms with van der Waals surface area (Å²) >= 11 is 2.33. The predicted molar refractivity (Wildman–Crippen MR) is 181 cm³/mol. The highest BCUT2D eigenvalue weighted by Crippen LogP contribution is 2.27. The molecular weight excluding hydrogens is 643 g/mol. The lowest BCUT2D eigenvalue weighted by atomic mass is 9.95. The number of aryl methyl sites for hydroxylation is 2. The highest BCUT2D eigenvalue weighted by atomic mass is 127. The van der Waals surface area contributed by atoms with Gasteiger partial charge >= 0.3 is 5.97 Å². The van der Waals surface area contributed by atoms with Gasteiger partial charge in [0.25, 0.3) is 0 Å². The highest BCUT2D eigenvalue weighted by Gasteiger charge is 2.18. The van der Waals surface area contributed by atoms with Crippen LogP contribution in [-0.4, -0.2) is 57.7 Å². The molecule has 4 N–H and O–H groups in total. The van der Waals surface area contributed by atoms with E-state index >= 15 is 0 Å². The van der Waals surface area contributed by atoms with Crippen molar-refractivity contribution in [1.29, 1.82) is 0 Å². The quantitative estimate of drug-likeness (QED) is 0.110. The van der Waals surface area contributed by atoms with E-state index in [1.54, 1.807) is 13.0 Å². The summed E-state index contributed by atoms with van der Waals surface area (Å²) in [6.07, 6.45) is 15.8. The number of ether oxygens (including phenoxy) is 1. The fourth-order valence-corrected chi connectivity index (χ4v) is 5.64. The molecule has 0 bridgehead atoms. The van der Waals surface area contributed by atoms with E-state index in [9.17, 15) is 4.79 Å². The average Bonchev–Trinajstić information content (AvgIpc) is 2.97. The minimum atomic E-state index is -0.351. The zero-order valence-corrected chi connectivity index (χ0v) is 28.1. The highest BCUT2D eigenvalue weighted by molar-refractivity contribution is 14.1. The minimum absolute atomic E-state index is 0.351. The van der Waals surface area contributed by atoms with E-state index in [1.165, 1.54) is 57.4 Å². The van der Waals surface area contributed by atoms with Crippen molar-refractivity contribution in [2.45, 2.75) is 111 Å². The number of nitrogens with one attached hydrogen (secondary N) is 4. The maximum absolute atomic E-state index is 11.6. The second-order valence-electron chi connectivity index (χ2n) is 10.8. The zero-order valence-electron chi connectivity index (χ0n) is 26.0. The maximum atomic E-state index is 11.6. The summed E-state index contributed by atoms with van der Waals surface area (Å²) in [6, 6.07) is 1.01. The van der Waals surface area contributed by atoms with E-state index in [0.29, 0.717) is 24.6 Å². The zero-order chi connectivity index (χ0) is 30.3. The summed E-state index contributed by atoms with van der Waals surface area (Å²) in [4.78, 5) is 29.7. The first-order valence-electron chi connectivity index (χ1n) is 15.6. The fourth-order valence-electron chi connectivity index (χ4n) is 5.24. The predicted octanol–water partition coefficient (Wildman–Crippen LogP) is 7.10. The van der Waals surface area contributed by atoms with Gasteiger partial charge in [0, 0.05) is 36.8 Å². The van der Waals surface area contributed by atoms with Crippen molar-refractivity contribution in [3.63, 3.8) is 0 Å². The second kappa shape index (κ2) is 18.1. The molecule has 0 radical (unpaired) electrons. The molecule has 0 amide bonds. The third-order valence-corrected chi connectivity index (χ3v) is 8.68. The van der Waals surface area contributed by atoms with Gasteiger partial charge in [0.2, 0.25) is 11.9 Å². The summed E-state index contributed by atoms with van der Waals surface area (Å²) in [7, 11) is 0. The lowest BCUT2D eigenvalue weighted by Gasteiger charge is -2.24. The van der Waals surface area contributed by atoms with E-state index in [2.05, 4.69) is 70.7 Å². The molecule has 0 atom stereocenters. The molecule has 2 aliphatic rings. The van der Waals surface area contributed by atoms with Crippen molar-refractivity contribution in [1.82, 2.24) is 19.9 Å². The van der Waals surface area contributed by atoms with Gasteiger partial charge in [0.05, 0.1) is 21.6 Å². The number of rotatable bonds is 11. The van der Waals surface area contributed by atoms with Gasteiger partial charge in [-0.05, 0) is 89.0 Å². The normalized spacial score (nSPS) is 16.0. The summed E-state index contributed by atoms with van der Waals surface area (Å²) in [5.74, 6) is 2.77. The van der Waals surface area contributed by atoms with Crippen LogP contribution in [0, 0.1) is 17.4 Å². The molecule has 2 fully saturated rings. The topological polar surface area (TPSA) is 126 Å². The van der Waals surface area contributed by atoms with Crippen molar-refractivity contribution in [3.8, 4) is 0 Å². The van der Waals surface area contributed by atoms with Gasteiger partial charge in [-0.15, -0.1) is 0 Å². The van der Waals surface area contributed by atoms with E-state index in [0.717, 1.165) is 64.0 Å². The van der Waals surface area contributed by atoms with Crippen LogP contribution in [0.15, 0.2) is 6.08 Å². The first kappa shape index (κ1) is 33.8. The van der Waals surface area contributed by atoms with Crippen LogP contribution < -0.4 is 21.3 Å². The number of anilines is 4. The van der Waals surface area contributed by atoms with Gasteiger partial charge in [-0.25, -0.2) is 14.8 Å². The molecule has 4 rings (SSSR count). The van der Waals surface area contributed by atoms with E-state index in [-0.39, 0.29) is 5.97 Å². The Morgan fingerprint density at radius 1 is 0.786 bits per heavy atom. The van der Waals surface area contributed by atoms with Gasteiger partial charge in [0.1, 0.15) is 11.6 Å². The summed E-state index contributed by atoms with van der Waals surface area (Å²) in [5, 5.41) is 13.5. The SMILES string of the molecule is CCNc1nc(C)c(/C=C/C(=O)OCC)c(NC2CCCCC2)n1.CCNc1nc(C)c(I)c(NC2CCCCC2)n1. The molecule has 2 heterocycles. The average molecular weight is 693 g/mol. The van der Waals surface area contributed by atoms with Crippen LogP contribution in [0.4, 0.5) is 23.5 Å². The Balaban J connectivity index is 0.000000240. The lowest BCUT2D eigenvalue weighted by Crippen LogP contribution is -2.24. The molecule has 2 aromatic heterocycles. The van der Waals surface area contributed by atoms with Crippen molar-refractivity contribution >= 4 is 58.2 Å². The smallest absolute Gasteiger partial charge is 0.330 e. The third-order valence-electron chi connectivity index (χ3n) is 7.39. The Labute approximate surface area is 265 Å². The van der Waals surface area contributed by atoms with Crippen molar-refractivity contribution in [2.24, 2.45) is 0 Å². The molecule has 0 unspecified atom stereocenters. The number of nitrogens with zero attached hydrogens (tertiary/aromatic N) is 4. The van der Waals surface area contributed by atoms with Crippen molar-refractivity contribution < 1.29 is 9.53 Å². The monoisotopic (exact) mass is 692 g/mol. The molecule has 42 heavy (non-hydrogen) atoms. The molecule has 0 aliphatic heterocycles. The fraction of sp³-hybridized carbons (Fsp3) is 0.645. The molecule has 2 saturated carbocycles. The molecule has 11 heteroatoms. The number of aromatic nitrogens is 4. The number of esters is 1. The van der Waals surface area contributed by atoms with Gasteiger partial charge in [-0.3, -0.25) is 0 Å². The van der Waals surface area contributed by atoms with Gasteiger partial charge in [-0.1, -0.05) is 38.5 Å².